The van der Waals surface area contributed by atoms with E-state index in [9.17, 15) is 14.0 Å². The van der Waals surface area contributed by atoms with E-state index < -0.39 is 0 Å². The van der Waals surface area contributed by atoms with Crippen LogP contribution in [0.4, 0.5) is 4.39 Å². The molecule has 1 aromatic carbocycles. The monoisotopic (exact) mass is 343 g/mol. The summed E-state index contributed by atoms with van der Waals surface area (Å²) in [6.45, 7) is 4.35. The number of carbonyl (C=O) groups excluding carboxylic acids is 2. The highest BCUT2D eigenvalue weighted by atomic mass is 19.1. The molecule has 25 heavy (non-hydrogen) atoms. The summed E-state index contributed by atoms with van der Waals surface area (Å²) in [5, 5.41) is 0. The Hall–Kier alpha value is -2.43. The Morgan fingerprint density at radius 2 is 1.84 bits per heavy atom. The van der Waals surface area contributed by atoms with Gasteiger partial charge in [0.25, 0.3) is 0 Å². The fourth-order valence-corrected chi connectivity index (χ4v) is 3.30. The van der Waals surface area contributed by atoms with Gasteiger partial charge in [-0.05, 0) is 63.1 Å². The zero-order valence-corrected chi connectivity index (χ0v) is 14.5. The van der Waals surface area contributed by atoms with E-state index in [1.54, 1.807) is 6.07 Å². The predicted octanol–water partition coefficient (Wildman–Crippen LogP) is 4.08. The van der Waals surface area contributed by atoms with Gasteiger partial charge in [-0.15, -0.1) is 0 Å². The van der Waals surface area contributed by atoms with Gasteiger partial charge in [0.05, 0.1) is 17.7 Å². The molecule has 0 amide bonds. The molecule has 0 spiro atoms. The van der Waals surface area contributed by atoms with Crippen LogP contribution in [0.25, 0.3) is 0 Å². The number of nitrogens with zero attached hydrogens (tertiary/aromatic N) is 1. The molecule has 0 radical (unpaired) electrons. The van der Waals surface area contributed by atoms with Crippen molar-refractivity contribution in [2.45, 2.75) is 51.7 Å². The van der Waals surface area contributed by atoms with Crippen LogP contribution < -0.4 is 0 Å². The maximum Gasteiger partial charge on any atom is 0.315 e. The molecule has 132 valence electrons. The first-order chi connectivity index (χ1) is 12.0. The number of fused-ring (bicyclic) bond motifs is 1. The molecule has 1 aliphatic rings. The van der Waals surface area contributed by atoms with Crippen molar-refractivity contribution in [3.8, 4) is 0 Å². The summed E-state index contributed by atoms with van der Waals surface area (Å²) in [5.41, 5.74) is 1.80. The lowest BCUT2D eigenvalue weighted by Gasteiger charge is -2.18. The summed E-state index contributed by atoms with van der Waals surface area (Å²) in [5.74, 6) is -1.12. The van der Waals surface area contributed by atoms with Gasteiger partial charge < -0.3 is 9.30 Å². The number of benzene rings is 1. The van der Waals surface area contributed by atoms with Gasteiger partial charge in [-0.25, -0.2) is 4.39 Å². The number of halogens is 1. The van der Waals surface area contributed by atoms with Gasteiger partial charge in [-0.1, -0.05) is 6.42 Å². The van der Waals surface area contributed by atoms with E-state index in [1.807, 2.05) is 24.5 Å². The number of aromatic nitrogens is 1. The third-order valence-corrected chi connectivity index (χ3v) is 4.47. The predicted molar refractivity (Wildman–Crippen MR) is 92.1 cm³/mol. The third-order valence-electron chi connectivity index (χ3n) is 4.47. The van der Waals surface area contributed by atoms with Crippen molar-refractivity contribution in [1.82, 2.24) is 4.57 Å². The molecule has 0 saturated heterocycles. The van der Waals surface area contributed by atoms with Crippen LogP contribution in [0.1, 0.15) is 60.8 Å². The maximum absolute atomic E-state index is 13.1. The Balaban J connectivity index is 1.94. The maximum atomic E-state index is 13.1. The van der Waals surface area contributed by atoms with Gasteiger partial charge in [-0.3, -0.25) is 9.59 Å². The number of hydrogen-bond donors (Lipinski definition) is 0. The van der Waals surface area contributed by atoms with Crippen molar-refractivity contribution < 1.29 is 18.7 Å². The minimum atomic E-state index is -0.373. The minimum absolute atomic E-state index is 0.163. The smallest absolute Gasteiger partial charge is 0.315 e. The van der Waals surface area contributed by atoms with Crippen molar-refractivity contribution in [2.75, 3.05) is 0 Å². The molecule has 0 aliphatic carbocycles. The molecule has 0 bridgehead atoms. The second-order valence-electron chi connectivity index (χ2n) is 6.67. The second kappa shape index (κ2) is 7.21. The van der Waals surface area contributed by atoms with Crippen molar-refractivity contribution in [3.63, 3.8) is 0 Å². The summed E-state index contributed by atoms with van der Waals surface area (Å²) < 4.78 is 20.4. The number of hydrogen-bond acceptors (Lipinski definition) is 3. The first-order valence-electron chi connectivity index (χ1n) is 8.67. The first-order valence-corrected chi connectivity index (χ1v) is 8.67. The van der Waals surface area contributed by atoms with Crippen LogP contribution in [0, 0.1) is 5.82 Å². The van der Waals surface area contributed by atoms with Gasteiger partial charge in [0.2, 0.25) is 5.78 Å². The van der Waals surface area contributed by atoms with Crippen LogP contribution >= 0.6 is 0 Å². The van der Waals surface area contributed by atoms with E-state index >= 15 is 0 Å². The van der Waals surface area contributed by atoms with Gasteiger partial charge in [0.15, 0.2) is 0 Å². The summed E-state index contributed by atoms with van der Waals surface area (Å²) in [6.07, 6.45) is 2.36. The fourth-order valence-electron chi connectivity index (χ4n) is 3.30. The lowest BCUT2D eigenvalue weighted by atomic mass is 10.00. The number of ketones is 1. The summed E-state index contributed by atoms with van der Waals surface area (Å²) in [7, 11) is 0. The lowest BCUT2D eigenvalue weighted by molar-refractivity contribution is -0.149. The van der Waals surface area contributed by atoms with Gasteiger partial charge in [0, 0.05) is 17.8 Å². The molecule has 1 unspecified atom stereocenters. The largest absolute Gasteiger partial charge is 0.462 e. The molecular weight excluding hydrogens is 321 g/mol. The topological polar surface area (TPSA) is 48.3 Å². The summed E-state index contributed by atoms with van der Waals surface area (Å²) >= 11 is 0. The van der Waals surface area contributed by atoms with Gasteiger partial charge >= 0.3 is 5.97 Å². The van der Waals surface area contributed by atoms with E-state index in [1.165, 1.54) is 24.3 Å². The fraction of sp³-hybridized carbons (Fsp3) is 0.400. The number of esters is 1. The van der Waals surface area contributed by atoms with Gasteiger partial charge in [0.1, 0.15) is 5.82 Å². The number of carbonyl (C=O) groups is 2. The van der Waals surface area contributed by atoms with Crippen LogP contribution in [0.15, 0.2) is 36.4 Å². The van der Waals surface area contributed by atoms with Crippen molar-refractivity contribution in [3.05, 3.63) is 59.2 Å². The molecule has 0 fully saturated rings. The standard InChI is InChI=1S/C20H22FNO3/c1-13(2)25-20(24)16-5-3-4-12-22-17(16)10-11-18(22)19(23)14-6-8-15(21)9-7-14/h6-11,13,16H,3-5,12H2,1-2H3. The highest BCUT2D eigenvalue weighted by Crippen LogP contribution is 2.31. The van der Waals surface area contributed by atoms with Crippen molar-refractivity contribution >= 4 is 11.8 Å². The lowest BCUT2D eigenvalue weighted by Crippen LogP contribution is -2.21. The normalized spacial score (nSPS) is 17.0. The quantitative estimate of drug-likeness (QED) is 0.621. The minimum Gasteiger partial charge on any atom is -0.462 e. The van der Waals surface area contributed by atoms with E-state index in [2.05, 4.69) is 0 Å². The van der Waals surface area contributed by atoms with E-state index in [-0.39, 0.29) is 29.6 Å². The van der Waals surface area contributed by atoms with Gasteiger partial charge in [-0.2, -0.15) is 0 Å². The summed E-state index contributed by atoms with van der Waals surface area (Å²) in [6, 6.07) is 9.12. The Morgan fingerprint density at radius 3 is 2.52 bits per heavy atom. The molecule has 0 saturated carbocycles. The molecule has 2 aromatic rings. The molecule has 4 nitrogen and oxygen atoms in total. The van der Waals surface area contributed by atoms with E-state index in [0.717, 1.165) is 25.0 Å². The Labute approximate surface area is 146 Å². The highest BCUT2D eigenvalue weighted by Gasteiger charge is 2.30. The van der Waals surface area contributed by atoms with Crippen LogP contribution in [0.5, 0.6) is 0 Å². The first kappa shape index (κ1) is 17.4. The van der Waals surface area contributed by atoms with Crippen molar-refractivity contribution in [1.29, 1.82) is 0 Å². The second-order valence-corrected chi connectivity index (χ2v) is 6.67. The van der Waals surface area contributed by atoms with E-state index in [4.69, 9.17) is 4.74 Å². The van der Waals surface area contributed by atoms with Crippen LogP contribution in [0.3, 0.4) is 0 Å². The highest BCUT2D eigenvalue weighted by molar-refractivity contribution is 6.08. The van der Waals surface area contributed by atoms with Crippen molar-refractivity contribution in [2.24, 2.45) is 0 Å². The third kappa shape index (κ3) is 3.65. The zero-order chi connectivity index (χ0) is 18.0. The average Bonchev–Trinajstić information content (AvgIpc) is 2.86. The zero-order valence-electron chi connectivity index (χ0n) is 14.5. The Bertz CT molecular complexity index is 777. The van der Waals surface area contributed by atoms with Crippen LogP contribution in [-0.2, 0) is 16.1 Å². The molecule has 1 aliphatic heterocycles. The number of rotatable bonds is 4. The Morgan fingerprint density at radius 1 is 1.12 bits per heavy atom. The SMILES string of the molecule is CC(C)OC(=O)C1CCCCn2c(C(=O)c3ccc(F)cc3)ccc21. The summed E-state index contributed by atoms with van der Waals surface area (Å²) in [4.78, 5) is 25.2. The average molecular weight is 343 g/mol. The van der Waals surface area contributed by atoms with Crippen LogP contribution in [0.2, 0.25) is 0 Å². The molecule has 1 aromatic heterocycles. The molecule has 5 heteroatoms. The van der Waals surface area contributed by atoms with Crippen LogP contribution in [-0.4, -0.2) is 22.4 Å². The molecule has 2 heterocycles. The molecular formula is C20H22FNO3. The molecule has 0 N–H and O–H groups in total. The molecule has 1 atom stereocenters. The molecule has 3 rings (SSSR count). The number of ether oxygens (including phenoxy) is 1. The Kier molecular flexibility index (Phi) is 5.02. The van der Waals surface area contributed by atoms with E-state index in [0.29, 0.717) is 17.8 Å².